The van der Waals surface area contributed by atoms with Crippen LogP contribution in [0.15, 0.2) is 182 Å². The van der Waals surface area contributed by atoms with Crippen molar-refractivity contribution in [2.75, 3.05) is 0 Å². The lowest BCUT2D eigenvalue weighted by Gasteiger charge is -2.18. The Labute approximate surface area is 297 Å². The Hall–Kier alpha value is -6.64. The molecule has 0 radical (unpaired) electrons. The largest absolute Gasteiger partial charge is 0.236 e. The van der Waals surface area contributed by atoms with Gasteiger partial charge in [-0.2, -0.15) is 0 Å². The van der Waals surface area contributed by atoms with Gasteiger partial charge < -0.3 is 0 Å². The van der Waals surface area contributed by atoms with Gasteiger partial charge in [0, 0.05) is 29.1 Å². The van der Waals surface area contributed by atoms with Crippen molar-refractivity contribution in [2.24, 2.45) is 0 Å². The average molecular weight is 640 g/mol. The van der Waals surface area contributed by atoms with Crippen LogP contribution in [0.1, 0.15) is 6.85 Å². The summed E-state index contributed by atoms with van der Waals surface area (Å²) in [6.45, 7) is 0. The predicted octanol–water partition coefficient (Wildman–Crippen LogP) is 12.9. The van der Waals surface area contributed by atoms with Crippen molar-refractivity contribution in [2.45, 2.75) is 0 Å². The Balaban J connectivity index is 1.24. The first-order valence-electron chi connectivity index (χ1n) is 19.2. The van der Waals surface area contributed by atoms with Gasteiger partial charge in [0.25, 0.3) is 0 Å². The van der Waals surface area contributed by atoms with Gasteiger partial charge in [-0.05, 0) is 88.2 Å². The zero-order chi connectivity index (χ0) is 37.4. The van der Waals surface area contributed by atoms with Crippen LogP contribution in [-0.4, -0.2) is 9.97 Å². The smallest absolute Gasteiger partial charge is 0.159 e. The van der Waals surface area contributed by atoms with Gasteiger partial charge >= 0.3 is 0 Å². The second-order valence-corrected chi connectivity index (χ2v) is 12.6. The molecule has 0 aliphatic heterocycles. The molecule has 9 aromatic carbocycles. The molecule has 0 aliphatic carbocycles. The van der Waals surface area contributed by atoms with Crippen LogP contribution in [0, 0.1) is 0 Å². The molecule has 0 N–H and O–H groups in total. The molecule has 0 unspecified atom stereocenters. The first-order chi connectivity index (χ1) is 26.9. The molecule has 0 amide bonds. The minimum Gasteiger partial charge on any atom is -0.236 e. The molecule has 0 atom stereocenters. The summed E-state index contributed by atoms with van der Waals surface area (Å²) >= 11 is 0. The van der Waals surface area contributed by atoms with Gasteiger partial charge in [-0.3, -0.25) is 0 Å². The number of rotatable bonds is 4. The molecular weight excluding hydrogens is 605 g/mol. The molecule has 0 spiro atoms. The zero-order valence-electron chi connectivity index (χ0n) is 31.8. The molecule has 0 fully saturated rings. The van der Waals surface area contributed by atoms with Gasteiger partial charge in [0.05, 0.1) is 6.85 Å². The highest BCUT2D eigenvalue weighted by molar-refractivity contribution is 6.23. The summed E-state index contributed by atoms with van der Waals surface area (Å²) < 4.78 is 43.5. The highest BCUT2D eigenvalue weighted by atomic mass is 14.9. The van der Waals surface area contributed by atoms with Gasteiger partial charge in [0.15, 0.2) is 5.82 Å². The van der Waals surface area contributed by atoms with E-state index in [1.807, 2.05) is 73.1 Å². The summed E-state index contributed by atoms with van der Waals surface area (Å²) in [6.07, 6.45) is 3.75. The molecule has 0 saturated heterocycles. The Bertz CT molecular complexity index is 3170. The lowest BCUT2D eigenvalue weighted by Crippen LogP contribution is -1.95. The van der Waals surface area contributed by atoms with Gasteiger partial charge in [-0.1, -0.05) is 158 Å². The minimum absolute atomic E-state index is 0.172. The van der Waals surface area contributed by atoms with Crippen molar-refractivity contribution >= 4 is 53.9 Å². The zero-order valence-corrected chi connectivity index (χ0v) is 26.8. The second kappa shape index (κ2) is 11.5. The van der Waals surface area contributed by atoms with Crippen molar-refractivity contribution in [3.8, 4) is 44.8 Å². The van der Waals surface area contributed by atoms with Crippen LogP contribution in [-0.2, 0) is 0 Å². The SMILES string of the molecule is [2H]c1c([2H])c([2H])c(-c2c3ccccc3c(-c3cnc(-c4cc5c6ccccc6ccc5c5ccccc45)nc3)c3ccc(-c4ccccc4)cc23)c([2H])c1[2H]. The Morgan fingerprint density at radius 2 is 0.940 bits per heavy atom. The maximum Gasteiger partial charge on any atom is 0.159 e. The van der Waals surface area contributed by atoms with E-state index in [4.69, 9.17) is 16.8 Å². The van der Waals surface area contributed by atoms with E-state index < -0.39 is 6.04 Å². The fraction of sp³-hybridized carbons (Fsp3) is 0. The number of hydrogen-bond acceptors (Lipinski definition) is 2. The molecule has 10 aromatic rings. The number of nitrogens with zero attached hydrogens (tertiary/aromatic N) is 2. The van der Waals surface area contributed by atoms with E-state index in [1.54, 1.807) is 0 Å². The third kappa shape index (κ3) is 4.50. The van der Waals surface area contributed by atoms with Crippen molar-refractivity contribution in [1.29, 1.82) is 0 Å². The Morgan fingerprint density at radius 3 is 1.70 bits per heavy atom. The third-order valence-electron chi connectivity index (χ3n) is 9.83. The second-order valence-electron chi connectivity index (χ2n) is 12.6. The molecule has 50 heavy (non-hydrogen) atoms. The van der Waals surface area contributed by atoms with Crippen LogP contribution in [0.25, 0.3) is 98.6 Å². The molecular formula is C48H30N2. The van der Waals surface area contributed by atoms with Crippen LogP contribution >= 0.6 is 0 Å². The molecule has 0 aliphatic rings. The van der Waals surface area contributed by atoms with Crippen LogP contribution in [0.5, 0.6) is 0 Å². The van der Waals surface area contributed by atoms with Crippen molar-refractivity contribution in [3.63, 3.8) is 0 Å². The lowest BCUT2D eigenvalue weighted by molar-refractivity contribution is 1.19. The van der Waals surface area contributed by atoms with E-state index in [2.05, 4.69) is 78.9 Å². The van der Waals surface area contributed by atoms with E-state index in [-0.39, 0.29) is 29.7 Å². The van der Waals surface area contributed by atoms with Crippen LogP contribution < -0.4 is 0 Å². The predicted molar refractivity (Wildman–Crippen MR) is 211 cm³/mol. The van der Waals surface area contributed by atoms with Crippen LogP contribution in [0.3, 0.4) is 0 Å². The van der Waals surface area contributed by atoms with Gasteiger partial charge in [-0.25, -0.2) is 9.97 Å². The topological polar surface area (TPSA) is 25.8 Å². The molecule has 2 heteroatoms. The first-order valence-corrected chi connectivity index (χ1v) is 16.7. The van der Waals surface area contributed by atoms with Crippen molar-refractivity contribution in [1.82, 2.24) is 9.97 Å². The standard InChI is InChI=1S/C48H30N2/c1-3-13-31(14-4-1)34-24-26-42-44(27-34)46(33-16-5-2-6-17-33)40-21-11-12-22-41(40)47(42)35-29-49-48(50-30-35)45-28-43-36-18-8-7-15-32(36)23-25-39(43)37-19-9-10-20-38(37)45/h1-30H/i2D,5D,6D,16D,17D. The summed E-state index contributed by atoms with van der Waals surface area (Å²) in [5.41, 5.74) is 5.38. The molecule has 232 valence electrons. The molecule has 2 nitrogen and oxygen atoms in total. The third-order valence-corrected chi connectivity index (χ3v) is 9.83. The number of hydrogen-bond donors (Lipinski definition) is 0. The number of aromatic nitrogens is 2. The van der Waals surface area contributed by atoms with Gasteiger partial charge in [0.1, 0.15) is 0 Å². The maximum absolute atomic E-state index is 9.02. The fourth-order valence-corrected chi connectivity index (χ4v) is 7.59. The molecule has 10 rings (SSSR count). The minimum atomic E-state index is -0.418. The summed E-state index contributed by atoms with van der Waals surface area (Å²) in [5.74, 6) is 0.616. The fourth-order valence-electron chi connectivity index (χ4n) is 7.59. The van der Waals surface area contributed by atoms with E-state index in [0.717, 1.165) is 65.5 Å². The number of benzene rings is 9. The molecule has 0 bridgehead atoms. The monoisotopic (exact) mass is 639 g/mol. The van der Waals surface area contributed by atoms with Crippen LogP contribution in [0.4, 0.5) is 0 Å². The summed E-state index contributed by atoms with van der Waals surface area (Å²) in [6, 6.07) is 45.9. The highest BCUT2D eigenvalue weighted by Crippen LogP contribution is 2.45. The van der Waals surface area contributed by atoms with Crippen molar-refractivity contribution in [3.05, 3.63) is 182 Å². The average Bonchev–Trinajstić information content (AvgIpc) is 3.24. The Kier molecular flexibility index (Phi) is 5.44. The molecule has 0 saturated carbocycles. The summed E-state index contributed by atoms with van der Waals surface area (Å²) in [7, 11) is 0. The normalized spacial score (nSPS) is 13.0. The van der Waals surface area contributed by atoms with E-state index in [1.165, 1.54) is 16.2 Å². The number of fused-ring (bicyclic) bond motifs is 7. The summed E-state index contributed by atoms with van der Waals surface area (Å²) in [5, 5.41) is 10.2. The first kappa shape index (κ1) is 23.6. The molecule has 1 aromatic heterocycles. The lowest BCUT2D eigenvalue weighted by atomic mass is 9.85. The van der Waals surface area contributed by atoms with E-state index in [9.17, 15) is 0 Å². The molecule has 1 heterocycles. The summed E-state index contributed by atoms with van der Waals surface area (Å²) in [4.78, 5) is 10.1. The maximum atomic E-state index is 9.02. The van der Waals surface area contributed by atoms with Gasteiger partial charge in [0.2, 0.25) is 0 Å². The van der Waals surface area contributed by atoms with E-state index in [0.29, 0.717) is 11.4 Å². The van der Waals surface area contributed by atoms with Crippen LogP contribution in [0.2, 0.25) is 0 Å². The van der Waals surface area contributed by atoms with E-state index >= 15 is 0 Å². The quantitative estimate of drug-likeness (QED) is 0.141. The van der Waals surface area contributed by atoms with Crippen molar-refractivity contribution < 1.29 is 6.85 Å². The highest BCUT2D eigenvalue weighted by Gasteiger charge is 2.19. The van der Waals surface area contributed by atoms with Gasteiger partial charge in [-0.15, -0.1) is 0 Å². The Morgan fingerprint density at radius 1 is 0.360 bits per heavy atom.